The van der Waals surface area contributed by atoms with Gasteiger partial charge in [-0.05, 0) is 30.7 Å². The Morgan fingerprint density at radius 1 is 0.867 bits per heavy atom. The molecule has 30 heavy (non-hydrogen) atoms. The van der Waals surface area contributed by atoms with E-state index in [4.69, 9.17) is 0 Å². The van der Waals surface area contributed by atoms with E-state index in [1.165, 1.54) is 0 Å². The van der Waals surface area contributed by atoms with Gasteiger partial charge in [-0.25, -0.2) is 0 Å². The number of aliphatic hydroxyl groups excluding tert-OH is 2. The van der Waals surface area contributed by atoms with Gasteiger partial charge in [-0.2, -0.15) is 0 Å². The monoisotopic (exact) mass is 402 g/mol. The van der Waals surface area contributed by atoms with Crippen LogP contribution in [0, 0.1) is 0 Å². The van der Waals surface area contributed by atoms with Crippen LogP contribution in [0.25, 0.3) is 21.8 Å². The van der Waals surface area contributed by atoms with Crippen molar-refractivity contribution in [2.24, 2.45) is 0 Å². The Hall–Kier alpha value is -3.15. The molecule has 4 aromatic rings. The highest BCUT2D eigenvalue weighted by molar-refractivity contribution is 6.07. The fourth-order valence-corrected chi connectivity index (χ4v) is 4.02. The second kappa shape index (κ2) is 9.11. The molecule has 0 bridgehead atoms. The van der Waals surface area contributed by atoms with Crippen LogP contribution in [0.4, 0.5) is 0 Å². The molecular formula is C25H26N2O3. The second-order valence-electron chi connectivity index (χ2n) is 7.49. The number of amides is 1. The van der Waals surface area contributed by atoms with Gasteiger partial charge in [-0.1, -0.05) is 54.6 Å². The van der Waals surface area contributed by atoms with E-state index >= 15 is 0 Å². The number of para-hydroxylation sites is 2. The molecular weight excluding hydrogens is 376 g/mol. The highest BCUT2D eigenvalue weighted by Gasteiger charge is 2.20. The van der Waals surface area contributed by atoms with Crippen LogP contribution in [-0.2, 0) is 6.54 Å². The van der Waals surface area contributed by atoms with E-state index in [2.05, 4.69) is 28.8 Å². The summed E-state index contributed by atoms with van der Waals surface area (Å²) in [6.45, 7) is 0.982. The van der Waals surface area contributed by atoms with Gasteiger partial charge < -0.3 is 19.7 Å². The Morgan fingerprint density at radius 2 is 1.43 bits per heavy atom. The number of carbonyl (C=O) groups is 1. The Labute approximate surface area is 175 Å². The molecule has 0 saturated carbocycles. The zero-order chi connectivity index (χ0) is 20.9. The topological polar surface area (TPSA) is 65.7 Å². The third-order valence-electron chi connectivity index (χ3n) is 5.40. The van der Waals surface area contributed by atoms with Gasteiger partial charge in [-0.3, -0.25) is 4.79 Å². The van der Waals surface area contributed by atoms with E-state index in [0.717, 1.165) is 21.8 Å². The summed E-state index contributed by atoms with van der Waals surface area (Å²) < 4.78 is 2.12. The first-order valence-electron chi connectivity index (χ1n) is 10.3. The van der Waals surface area contributed by atoms with Crippen LogP contribution in [0.15, 0.2) is 78.9 Å². The van der Waals surface area contributed by atoms with E-state index in [9.17, 15) is 15.0 Å². The Bertz CT molecular complexity index is 1080. The molecule has 154 valence electrons. The number of hydrogen-bond donors (Lipinski definition) is 2. The molecule has 1 atom stereocenters. The number of rotatable bonds is 8. The van der Waals surface area contributed by atoms with Crippen molar-refractivity contribution >= 4 is 27.7 Å². The Kier molecular flexibility index (Phi) is 6.12. The Morgan fingerprint density at radius 3 is 2.03 bits per heavy atom. The smallest absolute Gasteiger partial charge is 0.253 e. The van der Waals surface area contributed by atoms with Crippen LogP contribution in [0.5, 0.6) is 0 Å². The molecule has 0 aliphatic heterocycles. The lowest BCUT2D eigenvalue weighted by Crippen LogP contribution is -2.40. The molecule has 0 saturated heterocycles. The van der Waals surface area contributed by atoms with Crippen LogP contribution in [-0.4, -0.2) is 51.4 Å². The first kappa shape index (κ1) is 20.1. The van der Waals surface area contributed by atoms with Crippen molar-refractivity contribution in [1.29, 1.82) is 0 Å². The summed E-state index contributed by atoms with van der Waals surface area (Å²) in [6, 6.07) is 25.4. The molecule has 4 rings (SSSR count). The lowest BCUT2D eigenvalue weighted by molar-refractivity contribution is 0.0582. The molecule has 0 radical (unpaired) electrons. The van der Waals surface area contributed by atoms with E-state index in [1.807, 2.05) is 42.5 Å². The van der Waals surface area contributed by atoms with Crippen LogP contribution in [0.2, 0.25) is 0 Å². The summed E-state index contributed by atoms with van der Waals surface area (Å²) in [6.07, 6.45) is -0.267. The van der Waals surface area contributed by atoms with Crippen molar-refractivity contribution in [2.45, 2.75) is 19.1 Å². The normalized spacial score (nSPS) is 12.3. The molecule has 3 aromatic carbocycles. The van der Waals surface area contributed by atoms with Crippen LogP contribution in [0.3, 0.4) is 0 Å². The zero-order valence-electron chi connectivity index (χ0n) is 16.8. The van der Waals surface area contributed by atoms with Crippen molar-refractivity contribution in [2.75, 3.05) is 19.7 Å². The number of carbonyl (C=O) groups excluding carboxylic acids is 1. The molecule has 5 heteroatoms. The summed E-state index contributed by atoms with van der Waals surface area (Å²) in [5.41, 5.74) is 2.71. The van der Waals surface area contributed by atoms with Gasteiger partial charge in [0.05, 0.1) is 12.6 Å². The number of nitrogens with zero attached hydrogens (tertiary/aromatic N) is 2. The standard InChI is InChI=1S/C25H26N2O3/c28-16-8-15-26(25(30)19-9-2-1-3-10-19)17-20(29)18-27-23-13-6-4-11-21(23)22-12-5-7-14-24(22)27/h1-7,9-14,20,28-29H,8,15-18H2/t20-/m0/s1. The maximum atomic E-state index is 12.9. The van der Waals surface area contributed by atoms with Crippen LogP contribution in [0.1, 0.15) is 16.8 Å². The third-order valence-corrected chi connectivity index (χ3v) is 5.40. The molecule has 0 aliphatic rings. The average Bonchev–Trinajstić information content (AvgIpc) is 3.10. The summed E-state index contributed by atoms with van der Waals surface area (Å²) >= 11 is 0. The van der Waals surface area contributed by atoms with Gasteiger partial charge in [0, 0.05) is 47.1 Å². The van der Waals surface area contributed by atoms with Gasteiger partial charge in [-0.15, -0.1) is 0 Å². The van der Waals surface area contributed by atoms with Crippen LogP contribution >= 0.6 is 0 Å². The van der Waals surface area contributed by atoms with Crippen LogP contribution < -0.4 is 0 Å². The van der Waals surface area contributed by atoms with Crippen molar-refractivity contribution in [3.05, 3.63) is 84.4 Å². The quantitative estimate of drug-likeness (QED) is 0.473. The molecule has 1 heterocycles. The number of hydrogen-bond acceptors (Lipinski definition) is 3. The molecule has 5 nitrogen and oxygen atoms in total. The van der Waals surface area contributed by atoms with Gasteiger partial charge in [0.15, 0.2) is 0 Å². The lowest BCUT2D eigenvalue weighted by atomic mass is 10.1. The fourth-order valence-electron chi connectivity index (χ4n) is 4.02. The SMILES string of the molecule is O=C(c1ccccc1)N(CCCO)C[C@H](O)Cn1c2ccccc2c2ccccc21. The summed E-state index contributed by atoms with van der Waals surface area (Å²) in [5.74, 6) is -0.134. The highest BCUT2D eigenvalue weighted by atomic mass is 16.3. The van der Waals surface area contributed by atoms with E-state index in [-0.39, 0.29) is 19.1 Å². The number of aliphatic hydroxyl groups is 2. The molecule has 0 unspecified atom stereocenters. The van der Waals surface area contributed by atoms with Crippen molar-refractivity contribution in [3.63, 3.8) is 0 Å². The molecule has 1 aromatic heterocycles. The number of benzene rings is 3. The molecule has 0 aliphatic carbocycles. The second-order valence-corrected chi connectivity index (χ2v) is 7.49. The molecule has 0 fully saturated rings. The van der Waals surface area contributed by atoms with E-state index in [1.54, 1.807) is 17.0 Å². The largest absolute Gasteiger partial charge is 0.396 e. The summed E-state index contributed by atoms with van der Waals surface area (Å²) in [5, 5.41) is 22.5. The predicted molar refractivity (Wildman–Crippen MR) is 119 cm³/mol. The molecule has 1 amide bonds. The third kappa shape index (κ3) is 4.08. The minimum absolute atomic E-state index is 0.00153. The fraction of sp³-hybridized carbons (Fsp3) is 0.240. The predicted octanol–water partition coefficient (Wildman–Crippen LogP) is 3.68. The number of fused-ring (bicyclic) bond motifs is 3. The van der Waals surface area contributed by atoms with Crippen molar-refractivity contribution < 1.29 is 15.0 Å². The van der Waals surface area contributed by atoms with Gasteiger partial charge in [0.1, 0.15) is 0 Å². The van der Waals surface area contributed by atoms with Crippen molar-refractivity contribution in [1.82, 2.24) is 9.47 Å². The average molecular weight is 402 g/mol. The first-order chi connectivity index (χ1) is 14.7. The minimum atomic E-state index is -0.740. The van der Waals surface area contributed by atoms with Gasteiger partial charge in [0.2, 0.25) is 0 Å². The van der Waals surface area contributed by atoms with E-state index < -0.39 is 6.10 Å². The maximum Gasteiger partial charge on any atom is 0.253 e. The Balaban J connectivity index is 1.59. The van der Waals surface area contributed by atoms with E-state index in [0.29, 0.717) is 25.1 Å². The first-order valence-corrected chi connectivity index (χ1v) is 10.3. The highest BCUT2D eigenvalue weighted by Crippen LogP contribution is 2.29. The lowest BCUT2D eigenvalue weighted by Gasteiger charge is -2.26. The number of aromatic nitrogens is 1. The minimum Gasteiger partial charge on any atom is -0.396 e. The summed E-state index contributed by atoms with van der Waals surface area (Å²) in [7, 11) is 0. The van der Waals surface area contributed by atoms with Gasteiger partial charge in [0.25, 0.3) is 5.91 Å². The zero-order valence-corrected chi connectivity index (χ0v) is 16.8. The maximum absolute atomic E-state index is 12.9. The van der Waals surface area contributed by atoms with Gasteiger partial charge >= 0.3 is 0 Å². The summed E-state index contributed by atoms with van der Waals surface area (Å²) in [4.78, 5) is 14.6. The molecule has 0 spiro atoms. The van der Waals surface area contributed by atoms with Crippen molar-refractivity contribution in [3.8, 4) is 0 Å². The molecule has 2 N–H and O–H groups in total.